The van der Waals surface area contributed by atoms with Gasteiger partial charge in [-0.15, -0.1) is 0 Å². The third kappa shape index (κ3) is 4.21. The van der Waals surface area contributed by atoms with E-state index in [-0.39, 0.29) is 30.2 Å². The standard InChI is InChI=1S/C16H26N2O4/c1-12(19)17-9-4-5-13(11-17)16(22)18-10-3-2-6-14(18)7-8-15(20)21/h13-14H,2-11H2,1H3,(H,20,21). The highest BCUT2D eigenvalue weighted by molar-refractivity contribution is 5.81. The molecule has 2 aliphatic rings. The van der Waals surface area contributed by atoms with Crippen LogP contribution in [0.5, 0.6) is 0 Å². The van der Waals surface area contributed by atoms with E-state index in [9.17, 15) is 14.4 Å². The molecule has 2 rings (SSSR count). The van der Waals surface area contributed by atoms with Crippen molar-refractivity contribution >= 4 is 17.8 Å². The Hall–Kier alpha value is -1.59. The Labute approximate surface area is 131 Å². The molecule has 0 spiro atoms. The van der Waals surface area contributed by atoms with Crippen LogP contribution in [0.1, 0.15) is 51.9 Å². The summed E-state index contributed by atoms with van der Waals surface area (Å²) >= 11 is 0. The fraction of sp³-hybridized carbons (Fsp3) is 0.812. The SMILES string of the molecule is CC(=O)N1CCCC(C(=O)N2CCCCC2CCC(=O)O)C1. The van der Waals surface area contributed by atoms with Crippen LogP contribution in [0.15, 0.2) is 0 Å². The molecule has 0 bridgehead atoms. The van der Waals surface area contributed by atoms with E-state index in [1.54, 1.807) is 11.8 Å². The van der Waals surface area contributed by atoms with E-state index in [0.717, 1.165) is 45.2 Å². The van der Waals surface area contributed by atoms with Crippen LogP contribution in [-0.2, 0) is 14.4 Å². The van der Waals surface area contributed by atoms with Gasteiger partial charge < -0.3 is 14.9 Å². The molecule has 0 saturated carbocycles. The lowest BCUT2D eigenvalue weighted by atomic mass is 9.92. The number of hydrogen-bond acceptors (Lipinski definition) is 3. The van der Waals surface area contributed by atoms with Crippen LogP contribution in [0.3, 0.4) is 0 Å². The van der Waals surface area contributed by atoms with Crippen LogP contribution in [0, 0.1) is 5.92 Å². The summed E-state index contributed by atoms with van der Waals surface area (Å²) in [5.41, 5.74) is 0. The lowest BCUT2D eigenvalue weighted by Gasteiger charge is -2.40. The van der Waals surface area contributed by atoms with E-state index in [1.807, 2.05) is 4.90 Å². The number of hydrogen-bond donors (Lipinski definition) is 1. The third-order valence-electron chi connectivity index (χ3n) is 4.82. The molecule has 0 aliphatic carbocycles. The first kappa shape index (κ1) is 16.8. The Balaban J connectivity index is 1.98. The summed E-state index contributed by atoms with van der Waals surface area (Å²) in [5.74, 6) is -0.791. The molecule has 2 saturated heterocycles. The summed E-state index contributed by atoms with van der Waals surface area (Å²) in [6, 6.07) is 0.0463. The summed E-state index contributed by atoms with van der Waals surface area (Å²) in [6.45, 7) is 3.51. The van der Waals surface area contributed by atoms with Gasteiger partial charge >= 0.3 is 5.97 Å². The number of carboxylic acid groups (broad SMARTS) is 1. The second-order valence-electron chi connectivity index (χ2n) is 6.42. The predicted octanol–water partition coefficient (Wildman–Crippen LogP) is 1.49. The summed E-state index contributed by atoms with van der Waals surface area (Å²) < 4.78 is 0. The number of piperidine rings is 2. The molecule has 6 heteroatoms. The maximum atomic E-state index is 12.8. The number of aliphatic carboxylic acids is 1. The van der Waals surface area contributed by atoms with Gasteiger partial charge in [-0.1, -0.05) is 0 Å². The first-order chi connectivity index (χ1) is 10.5. The number of carbonyl (C=O) groups excluding carboxylic acids is 2. The molecular weight excluding hydrogens is 284 g/mol. The maximum Gasteiger partial charge on any atom is 0.303 e. The highest BCUT2D eigenvalue weighted by Crippen LogP contribution is 2.26. The molecule has 6 nitrogen and oxygen atoms in total. The van der Waals surface area contributed by atoms with Gasteiger partial charge in [0.1, 0.15) is 0 Å². The van der Waals surface area contributed by atoms with Crippen molar-refractivity contribution in [3.05, 3.63) is 0 Å². The average Bonchev–Trinajstić information content (AvgIpc) is 2.52. The van der Waals surface area contributed by atoms with Gasteiger partial charge in [-0.05, 0) is 38.5 Å². The molecule has 1 N–H and O–H groups in total. The maximum absolute atomic E-state index is 12.8. The van der Waals surface area contributed by atoms with Gasteiger partial charge in [-0.3, -0.25) is 14.4 Å². The fourth-order valence-corrected chi connectivity index (χ4v) is 3.58. The number of amides is 2. The van der Waals surface area contributed by atoms with Crippen LogP contribution in [0.4, 0.5) is 0 Å². The minimum Gasteiger partial charge on any atom is -0.481 e. The van der Waals surface area contributed by atoms with Gasteiger partial charge in [0.15, 0.2) is 0 Å². The predicted molar refractivity (Wildman–Crippen MR) is 81.2 cm³/mol. The Morgan fingerprint density at radius 3 is 2.55 bits per heavy atom. The molecule has 2 unspecified atom stereocenters. The van der Waals surface area contributed by atoms with Crippen molar-refractivity contribution in [2.75, 3.05) is 19.6 Å². The molecule has 2 aliphatic heterocycles. The molecule has 2 fully saturated rings. The third-order valence-corrected chi connectivity index (χ3v) is 4.82. The lowest BCUT2D eigenvalue weighted by molar-refractivity contribution is -0.145. The molecular formula is C16H26N2O4. The van der Waals surface area contributed by atoms with Gasteiger partial charge in [-0.2, -0.15) is 0 Å². The first-order valence-corrected chi connectivity index (χ1v) is 8.27. The molecule has 0 aromatic heterocycles. The largest absolute Gasteiger partial charge is 0.481 e. The van der Waals surface area contributed by atoms with Crippen molar-refractivity contribution in [1.29, 1.82) is 0 Å². The minimum atomic E-state index is -0.807. The number of carbonyl (C=O) groups is 3. The summed E-state index contributed by atoms with van der Waals surface area (Å²) in [5, 5.41) is 8.87. The van der Waals surface area contributed by atoms with Crippen molar-refractivity contribution in [2.24, 2.45) is 5.92 Å². The van der Waals surface area contributed by atoms with E-state index in [1.165, 1.54) is 0 Å². The molecule has 2 heterocycles. The van der Waals surface area contributed by atoms with Gasteiger partial charge in [0.05, 0.1) is 5.92 Å². The summed E-state index contributed by atoms with van der Waals surface area (Å²) in [4.78, 5) is 38.8. The van der Waals surface area contributed by atoms with E-state index < -0.39 is 5.97 Å². The monoisotopic (exact) mass is 310 g/mol. The van der Waals surface area contributed by atoms with Crippen LogP contribution in [-0.4, -0.2) is 58.4 Å². The molecule has 124 valence electrons. The summed E-state index contributed by atoms with van der Waals surface area (Å²) in [7, 11) is 0. The van der Waals surface area contributed by atoms with E-state index in [4.69, 9.17) is 5.11 Å². The normalized spacial score (nSPS) is 25.9. The van der Waals surface area contributed by atoms with E-state index in [2.05, 4.69) is 0 Å². The number of rotatable bonds is 4. The Bertz CT molecular complexity index is 438. The molecule has 2 amide bonds. The zero-order valence-electron chi connectivity index (χ0n) is 13.3. The zero-order chi connectivity index (χ0) is 16.1. The van der Waals surface area contributed by atoms with Crippen LogP contribution >= 0.6 is 0 Å². The molecule has 0 radical (unpaired) electrons. The highest BCUT2D eigenvalue weighted by atomic mass is 16.4. The zero-order valence-corrected chi connectivity index (χ0v) is 13.3. The van der Waals surface area contributed by atoms with Gasteiger partial charge in [0, 0.05) is 39.0 Å². The van der Waals surface area contributed by atoms with Crippen molar-refractivity contribution in [1.82, 2.24) is 9.80 Å². The quantitative estimate of drug-likeness (QED) is 0.853. The Morgan fingerprint density at radius 1 is 1.09 bits per heavy atom. The Morgan fingerprint density at radius 2 is 1.86 bits per heavy atom. The topological polar surface area (TPSA) is 77.9 Å². The van der Waals surface area contributed by atoms with Gasteiger partial charge in [0.2, 0.25) is 11.8 Å². The molecule has 2 atom stereocenters. The lowest BCUT2D eigenvalue weighted by Crippen LogP contribution is -2.51. The molecule has 0 aromatic rings. The Kier molecular flexibility index (Phi) is 5.80. The van der Waals surface area contributed by atoms with E-state index >= 15 is 0 Å². The average molecular weight is 310 g/mol. The second-order valence-corrected chi connectivity index (χ2v) is 6.42. The van der Waals surface area contributed by atoms with Crippen molar-refractivity contribution in [3.63, 3.8) is 0 Å². The van der Waals surface area contributed by atoms with E-state index in [0.29, 0.717) is 13.0 Å². The summed E-state index contributed by atoms with van der Waals surface area (Å²) in [6.07, 6.45) is 5.26. The minimum absolute atomic E-state index is 0.0265. The van der Waals surface area contributed by atoms with Crippen molar-refractivity contribution < 1.29 is 19.5 Å². The number of likely N-dealkylation sites (tertiary alicyclic amines) is 2. The highest BCUT2D eigenvalue weighted by Gasteiger charge is 2.34. The van der Waals surface area contributed by atoms with Crippen molar-refractivity contribution in [2.45, 2.75) is 57.9 Å². The van der Waals surface area contributed by atoms with Crippen molar-refractivity contribution in [3.8, 4) is 0 Å². The number of carboxylic acids is 1. The smallest absolute Gasteiger partial charge is 0.303 e. The van der Waals surface area contributed by atoms with Gasteiger partial charge in [0.25, 0.3) is 0 Å². The van der Waals surface area contributed by atoms with Gasteiger partial charge in [-0.25, -0.2) is 0 Å². The second kappa shape index (κ2) is 7.61. The van der Waals surface area contributed by atoms with Crippen LogP contribution < -0.4 is 0 Å². The van der Waals surface area contributed by atoms with Crippen LogP contribution in [0.25, 0.3) is 0 Å². The van der Waals surface area contributed by atoms with Crippen LogP contribution in [0.2, 0.25) is 0 Å². The molecule has 0 aromatic carbocycles. The molecule has 22 heavy (non-hydrogen) atoms. The fourth-order valence-electron chi connectivity index (χ4n) is 3.58. The number of nitrogens with zero attached hydrogens (tertiary/aromatic N) is 2. The first-order valence-electron chi connectivity index (χ1n) is 8.27.